The summed E-state index contributed by atoms with van der Waals surface area (Å²) in [7, 11) is 1.45. The van der Waals surface area contributed by atoms with Gasteiger partial charge in [-0.2, -0.15) is 0 Å². The molecule has 0 aromatic carbocycles. The summed E-state index contributed by atoms with van der Waals surface area (Å²) < 4.78 is 9.56. The highest BCUT2D eigenvalue weighted by Gasteiger charge is 2.17. The molecule has 0 fully saturated rings. The van der Waals surface area contributed by atoms with E-state index in [2.05, 4.69) is 4.74 Å². The largest absolute Gasteiger partial charge is 0.349 e. The van der Waals surface area contributed by atoms with Gasteiger partial charge in [0.15, 0.2) is 0 Å². The fourth-order valence-corrected chi connectivity index (χ4v) is 0.652. The van der Waals surface area contributed by atoms with Crippen LogP contribution in [0.2, 0.25) is 0 Å². The molecule has 0 aromatic rings. The fraction of sp³-hybridized carbons (Fsp3) is 0.500. The summed E-state index contributed by atoms with van der Waals surface area (Å²) in [5.41, 5.74) is 0. The Labute approximate surface area is 53.3 Å². The van der Waals surface area contributed by atoms with Crippen molar-refractivity contribution >= 4 is 5.78 Å². The molecule has 1 atom stereocenters. The standard InChI is InChI=1S/C6H8O3/c1-8-6-5(7)3-2-4-9-6/h2-3,6H,4H2,1H3/t6-/m1/s1. The van der Waals surface area contributed by atoms with E-state index in [0.717, 1.165) is 0 Å². The summed E-state index contributed by atoms with van der Waals surface area (Å²) in [5, 5.41) is 0. The Morgan fingerprint density at radius 2 is 2.67 bits per heavy atom. The highest BCUT2D eigenvalue weighted by molar-refractivity contribution is 5.93. The lowest BCUT2D eigenvalue weighted by Gasteiger charge is -2.14. The van der Waals surface area contributed by atoms with Gasteiger partial charge in [-0.15, -0.1) is 0 Å². The number of ketones is 1. The molecule has 0 radical (unpaired) electrons. The lowest BCUT2D eigenvalue weighted by molar-refractivity contribution is -0.157. The van der Waals surface area contributed by atoms with Crippen LogP contribution in [0.25, 0.3) is 0 Å². The van der Waals surface area contributed by atoms with Gasteiger partial charge in [0.25, 0.3) is 0 Å². The lowest BCUT2D eigenvalue weighted by atomic mass is 10.3. The van der Waals surface area contributed by atoms with Gasteiger partial charge in [-0.25, -0.2) is 0 Å². The van der Waals surface area contributed by atoms with Crippen LogP contribution in [0.5, 0.6) is 0 Å². The van der Waals surface area contributed by atoms with Crippen molar-refractivity contribution in [2.75, 3.05) is 13.7 Å². The number of ether oxygens (including phenoxy) is 2. The van der Waals surface area contributed by atoms with Crippen LogP contribution >= 0.6 is 0 Å². The normalized spacial score (nSPS) is 26.8. The van der Waals surface area contributed by atoms with E-state index < -0.39 is 6.29 Å². The quantitative estimate of drug-likeness (QED) is 0.503. The molecule has 0 aromatic heterocycles. The van der Waals surface area contributed by atoms with Crippen molar-refractivity contribution in [3.63, 3.8) is 0 Å². The van der Waals surface area contributed by atoms with Gasteiger partial charge in [0.2, 0.25) is 12.1 Å². The Morgan fingerprint density at radius 3 is 3.11 bits per heavy atom. The van der Waals surface area contributed by atoms with Gasteiger partial charge >= 0.3 is 0 Å². The van der Waals surface area contributed by atoms with E-state index in [1.54, 1.807) is 6.08 Å². The molecular formula is C6H8O3. The third-order valence-corrected chi connectivity index (χ3v) is 1.07. The predicted molar refractivity (Wildman–Crippen MR) is 30.9 cm³/mol. The monoisotopic (exact) mass is 128 g/mol. The third-order valence-electron chi connectivity index (χ3n) is 1.07. The van der Waals surface area contributed by atoms with Gasteiger partial charge in [0.05, 0.1) is 6.61 Å². The molecule has 0 spiro atoms. The first kappa shape index (κ1) is 6.45. The molecule has 3 nitrogen and oxygen atoms in total. The Morgan fingerprint density at radius 1 is 1.89 bits per heavy atom. The minimum atomic E-state index is -0.671. The van der Waals surface area contributed by atoms with Crippen LogP contribution in [0.3, 0.4) is 0 Å². The molecule has 9 heavy (non-hydrogen) atoms. The molecule has 0 unspecified atom stereocenters. The average molecular weight is 128 g/mol. The summed E-state index contributed by atoms with van der Waals surface area (Å²) in [6.45, 7) is 0.463. The summed E-state index contributed by atoms with van der Waals surface area (Å²) in [6, 6.07) is 0. The van der Waals surface area contributed by atoms with Crippen LogP contribution in [-0.4, -0.2) is 25.8 Å². The lowest BCUT2D eigenvalue weighted by Crippen LogP contribution is -2.27. The topological polar surface area (TPSA) is 35.5 Å². The second-order valence-electron chi connectivity index (χ2n) is 1.71. The third kappa shape index (κ3) is 1.37. The first-order valence-corrected chi connectivity index (χ1v) is 2.69. The summed E-state index contributed by atoms with van der Waals surface area (Å²) >= 11 is 0. The molecule has 1 aliphatic rings. The molecule has 0 bridgehead atoms. The van der Waals surface area contributed by atoms with Crippen molar-refractivity contribution < 1.29 is 14.3 Å². The van der Waals surface area contributed by atoms with Crippen LogP contribution in [0.4, 0.5) is 0 Å². The first-order chi connectivity index (χ1) is 4.34. The smallest absolute Gasteiger partial charge is 0.222 e. The molecule has 0 amide bonds. The van der Waals surface area contributed by atoms with Crippen LogP contribution in [-0.2, 0) is 14.3 Å². The first-order valence-electron chi connectivity index (χ1n) is 2.69. The van der Waals surface area contributed by atoms with Crippen molar-refractivity contribution in [1.82, 2.24) is 0 Å². The number of rotatable bonds is 1. The van der Waals surface area contributed by atoms with E-state index in [4.69, 9.17) is 4.74 Å². The van der Waals surface area contributed by atoms with Crippen molar-refractivity contribution in [3.8, 4) is 0 Å². The number of carbonyl (C=O) groups is 1. The zero-order valence-electron chi connectivity index (χ0n) is 5.16. The number of methoxy groups -OCH3 is 1. The minimum absolute atomic E-state index is 0.122. The molecule has 1 aliphatic heterocycles. The maximum Gasteiger partial charge on any atom is 0.222 e. The highest BCUT2D eigenvalue weighted by atomic mass is 16.7. The van der Waals surface area contributed by atoms with E-state index in [1.807, 2.05) is 0 Å². The molecule has 0 aliphatic carbocycles. The maximum absolute atomic E-state index is 10.7. The molecule has 1 rings (SSSR count). The second-order valence-corrected chi connectivity index (χ2v) is 1.71. The molecule has 50 valence electrons. The summed E-state index contributed by atoms with van der Waals surface area (Å²) in [6.07, 6.45) is 2.46. The molecule has 0 saturated heterocycles. The Bertz CT molecular complexity index is 139. The van der Waals surface area contributed by atoms with E-state index in [0.29, 0.717) is 6.61 Å². The van der Waals surface area contributed by atoms with Crippen molar-refractivity contribution in [1.29, 1.82) is 0 Å². The zero-order chi connectivity index (χ0) is 6.69. The SMILES string of the molecule is CO[C@@H]1OCC=CC1=O. The van der Waals surface area contributed by atoms with Crippen LogP contribution < -0.4 is 0 Å². The number of hydrogen-bond donors (Lipinski definition) is 0. The molecule has 0 saturated carbocycles. The Balaban J connectivity index is 2.55. The molecular weight excluding hydrogens is 120 g/mol. The second kappa shape index (κ2) is 2.75. The molecule has 0 N–H and O–H groups in total. The molecule has 3 heteroatoms. The number of carbonyl (C=O) groups excluding carboxylic acids is 1. The van der Waals surface area contributed by atoms with E-state index in [1.165, 1.54) is 13.2 Å². The van der Waals surface area contributed by atoms with Crippen LogP contribution in [0.1, 0.15) is 0 Å². The van der Waals surface area contributed by atoms with E-state index in [9.17, 15) is 4.79 Å². The van der Waals surface area contributed by atoms with Crippen molar-refractivity contribution in [3.05, 3.63) is 12.2 Å². The summed E-state index contributed by atoms with van der Waals surface area (Å²) in [5.74, 6) is -0.122. The fourth-order valence-electron chi connectivity index (χ4n) is 0.652. The Hall–Kier alpha value is -0.670. The number of hydrogen-bond acceptors (Lipinski definition) is 3. The van der Waals surface area contributed by atoms with E-state index in [-0.39, 0.29) is 5.78 Å². The van der Waals surface area contributed by atoms with Crippen LogP contribution in [0.15, 0.2) is 12.2 Å². The Kier molecular flexibility index (Phi) is 1.97. The molecule has 1 heterocycles. The van der Waals surface area contributed by atoms with Gasteiger partial charge in [0.1, 0.15) is 0 Å². The van der Waals surface area contributed by atoms with Crippen molar-refractivity contribution in [2.24, 2.45) is 0 Å². The van der Waals surface area contributed by atoms with Gasteiger partial charge in [-0.05, 0) is 6.08 Å². The zero-order valence-corrected chi connectivity index (χ0v) is 5.16. The van der Waals surface area contributed by atoms with Gasteiger partial charge in [0, 0.05) is 7.11 Å². The van der Waals surface area contributed by atoms with Gasteiger partial charge in [-0.1, -0.05) is 6.08 Å². The highest BCUT2D eigenvalue weighted by Crippen LogP contribution is 2.01. The van der Waals surface area contributed by atoms with E-state index >= 15 is 0 Å². The maximum atomic E-state index is 10.7. The minimum Gasteiger partial charge on any atom is -0.349 e. The summed E-state index contributed by atoms with van der Waals surface area (Å²) in [4.78, 5) is 10.7. The van der Waals surface area contributed by atoms with Gasteiger partial charge in [-0.3, -0.25) is 4.79 Å². The van der Waals surface area contributed by atoms with Gasteiger partial charge < -0.3 is 9.47 Å². The van der Waals surface area contributed by atoms with Crippen LogP contribution in [0, 0.1) is 0 Å². The average Bonchev–Trinajstić information content (AvgIpc) is 1.89. The van der Waals surface area contributed by atoms with Crippen molar-refractivity contribution in [2.45, 2.75) is 6.29 Å². The predicted octanol–water partition coefficient (Wildman–Crippen LogP) is 0.114.